The Morgan fingerprint density at radius 1 is 1.47 bits per heavy atom. The minimum absolute atomic E-state index is 0.0186. The fourth-order valence-corrected chi connectivity index (χ4v) is 1.35. The maximum atomic E-state index is 10.9. The van der Waals surface area contributed by atoms with Crippen LogP contribution >= 0.6 is 0 Å². The molecule has 4 N–H and O–H groups in total. The summed E-state index contributed by atoms with van der Waals surface area (Å²) in [5.41, 5.74) is 5.88. The molecule has 0 fully saturated rings. The van der Waals surface area contributed by atoms with Gasteiger partial charge in [0.15, 0.2) is 0 Å². The van der Waals surface area contributed by atoms with Gasteiger partial charge in [0.1, 0.15) is 5.69 Å². The van der Waals surface area contributed by atoms with Crippen molar-refractivity contribution in [3.05, 3.63) is 11.9 Å². The zero-order chi connectivity index (χ0) is 12.5. The number of amides is 1. The van der Waals surface area contributed by atoms with Crippen molar-refractivity contribution >= 4 is 5.91 Å². The number of aryl methyl sites for hydroxylation is 1. The second kappa shape index (κ2) is 7.75. The van der Waals surface area contributed by atoms with Crippen molar-refractivity contribution in [2.45, 2.75) is 32.4 Å². The predicted octanol–water partition coefficient (Wildman–Crippen LogP) is -0.984. The Labute approximate surface area is 100.0 Å². The highest BCUT2D eigenvalue weighted by Crippen LogP contribution is 1.99. The topological polar surface area (TPSA) is 106 Å². The number of nitrogens with two attached hydrogens (primary N) is 1. The van der Waals surface area contributed by atoms with Gasteiger partial charge in [-0.3, -0.25) is 9.48 Å². The predicted molar refractivity (Wildman–Crippen MR) is 61.9 cm³/mol. The van der Waals surface area contributed by atoms with Crippen molar-refractivity contribution in [3.8, 4) is 0 Å². The third-order valence-electron chi connectivity index (χ3n) is 2.28. The number of nitrogens with zero attached hydrogens (tertiary/aromatic N) is 3. The molecular formula is C10H19N5O2. The molecule has 0 atom stereocenters. The van der Waals surface area contributed by atoms with Crippen LogP contribution in [-0.4, -0.2) is 39.2 Å². The van der Waals surface area contributed by atoms with Crippen LogP contribution in [0.1, 0.15) is 25.0 Å². The molecule has 1 rings (SSSR count). The Balaban J connectivity index is 2.25. The molecule has 0 unspecified atom stereocenters. The van der Waals surface area contributed by atoms with Crippen LogP contribution in [0.4, 0.5) is 0 Å². The van der Waals surface area contributed by atoms with E-state index in [0.717, 1.165) is 25.8 Å². The molecule has 0 spiro atoms. The normalized spacial score (nSPS) is 10.5. The minimum Gasteiger partial charge on any atom is -0.396 e. The Hall–Kier alpha value is -1.47. The number of aliphatic hydroxyl groups excluding tert-OH is 1. The standard InChI is InChI=1S/C10H19N5O2/c11-6-10(17)12-7-9-8-15(14-13-9)4-2-1-3-5-16/h8,16H,1-7,11H2,(H,12,17). The van der Waals surface area contributed by atoms with Gasteiger partial charge in [0.05, 0.1) is 19.3 Å². The van der Waals surface area contributed by atoms with E-state index in [2.05, 4.69) is 15.6 Å². The monoisotopic (exact) mass is 241 g/mol. The summed E-state index contributed by atoms with van der Waals surface area (Å²) in [6.45, 7) is 1.34. The van der Waals surface area contributed by atoms with Gasteiger partial charge in [-0.1, -0.05) is 5.21 Å². The second-order valence-electron chi connectivity index (χ2n) is 3.74. The Bertz CT molecular complexity index is 339. The van der Waals surface area contributed by atoms with Crippen molar-refractivity contribution < 1.29 is 9.90 Å². The van der Waals surface area contributed by atoms with Crippen molar-refractivity contribution in [1.29, 1.82) is 0 Å². The van der Waals surface area contributed by atoms with Crippen LogP contribution in [0.5, 0.6) is 0 Å². The molecule has 0 aromatic carbocycles. The molecule has 0 saturated carbocycles. The van der Waals surface area contributed by atoms with Gasteiger partial charge in [-0.2, -0.15) is 0 Å². The van der Waals surface area contributed by atoms with Crippen LogP contribution in [0.25, 0.3) is 0 Å². The lowest BCUT2D eigenvalue weighted by Gasteiger charge is -1.99. The lowest BCUT2D eigenvalue weighted by molar-refractivity contribution is -0.119. The number of unbranched alkanes of at least 4 members (excludes halogenated alkanes) is 2. The fourth-order valence-electron chi connectivity index (χ4n) is 1.35. The van der Waals surface area contributed by atoms with Crippen molar-refractivity contribution in [3.63, 3.8) is 0 Å². The van der Waals surface area contributed by atoms with E-state index in [1.165, 1.54) is 0 Å². The van der Waals surface area contributed by atoms with Gasteiger partial charge in [0.25, 0.3) is 0 Å². The van der Waals surface area contributed by atoms with Crippen molar-refractivity contribution in [1.82, 2.24) is 20.3 Å². The van der Waals surface area contributed by atoms with E-state index < -0.39 is 0 Å². The number of aromatic nitrogens is 3. The van der Waals surface area contributed by atoms with Crippen LogP contribution in [0.2, 0.25) is 0 Å². The highest BCUT2D eigenvalue weighted by atomic mass is 16.2. The molecule has 0 aliphatic carbocycles. The quantitative estimate of drug-likeness (QED) is 0.507. The molecule has 0 radical (unpaired) electrons. The maximum Gasteiger partial charge on any atom is 0.234 e. The first-order chi connectivity index (χ1) is 8.26. The summed E-state index contributed by atoms with van der Waals surface area (Å²) in [7, 11) is 0. The molecule has 0 aliphatic heterocycles. The first kappa shape index (κ1) is 13.6. The first-order valence-corrected chi connectivity index (χ1v) is 5.73. The van der Waals surface area contributed by atoms with E-state index in [-0.39, 0.29) is 19.1 Å². The van der Waals surface area contributed by atoms with Crippen LogP contribution in [-0.2, 0) is 17.9 Å². The van der Waals surface area contributed by atoms with Crippen molar-refractivity contribution in [2.75, 3.05) is 13.2 Å². The van der Waals surface area contributed by atoms with Crippen LogP contribution < -0.4 is 11.1 Å². The highest BCUT2D eigenvalue weighted by molar-refractivity contribution is 5.77. The summed E-state index contributed by atoms with van der Waals surface area (Å²) in [5.74, 6) is -0.206. The molecule has 1 heterocycles. The molecule has 17 heavy (non-hydrogen) atoms. The zero-order valence-corrected chi connectivity index (χ0v) is 9.80. The average Bonchev–Trinajstić information content (AvgIpc) is 2.79. The van der Waals surface area contributed by atoms with E-state index in [4.69, 9.17) is 10.8 Å². The van der Waals surface area contributed by atoms with E-state index in [1.807, 2.05) is 0 Å². The number of rotatable bonds is 8. The fraction of sp³-hybridized carbons (Fsp3) is 0.700. The summed E-state index contributed by atoms with van der Waals surface area (Å²) in [6.07, 6.45) is 4.54. The molecule has 0 aliphatic rings. The minimum atomic E-state index is -0.206. The number of aliphatic hydroxyl groups is 1. The Kier molecular flexibility index (Phi) is 6.19. The molecule has 1 amide bonds. The summed E-state index contributed by atoms with van der Waals surface area (Å²) in [5, 5.41) is 19.1. The van der Waals surface area contributed by atoms with Gasteiger partial charge in [-0.25, -0.2) is 0 Å². The second-order valence-corrected chi connectivity index (χ2v) is 3.74. The molecule has 0 saturated heterocycles. The third-order valence-corrected chi connectivity index (χ3v) is 2.28. The van der Waals surface area contributed by atoms with E-state index in [1.54, 1.807) is 10.9 Å². The zero-order valence-electron chi connectivity index (χ0n) is 9.80. The molecular weight excluding hydrogens is 222 g/mol. The Morgan fingerprint density at radius 2 is 2.29 bits per heavy atom. The van der Waals surface area contributed by atoms with Gasteiger partial charge >= 0.3 is 0 Å². The number of hydrogen-bond donors (Lipinski definition) is 3. The lowest BCUT2D eigenvalue weighted by atomic mass is 10.2. The maximum absolute atomic E-state index is 10.9. The number of carbonyl (C=O) groups excluding carboxylic acids is 1. The largest absolute Gasteiger partial charge is 0.396 e. The summed E-state index contributed by atoms with van der Waals surface area (Å²) in [4.78, 5) is 10.9. The summed E-state index contributed by atoms with van der Waals surface area (Å²) in [6, 6.07) is 0. The molecule has 1 aromatic heterocycles. The molecule has 96 valence electrons. The van der Waals surface area contributed by atoms with Crippen molar-refractivity contribution in [2.24, 2.45) is 5.73 Å². The molecule has 7 nitrogen and oxygen atoms in total. The van der Waals surface area contributed by atoms with E-state index >= 15 is 0 Å². The van der Waals surface area contributed by atoms with Gasteiger partial charge in [0.2, 0.25) is 5.91 Å². The summed E-state index contributed by atoms with van der Waals surface area (Å²) < 4.78 is 1.74. The van der Waals surface area contributed by atoms with Crippen LogP contribution in [0, 0.1) is 0 Å². The van der Waals surface area contributed by atoms with Gasteiger partial charge in [0, 0.05) is 13.2 Å². The highest BCUT2D eigenvalue weighted by Gasteiger charge is 2.02. The van der Waals surface area contributed by atoms with Gasteiger partial charge in [-0.15, -0.1) is 5.10 Å². The number of hydrogen-bond acceptors (Lipinski definition) is 5. The van der Waals surface area contributed by atoms with Crippen LogP contribution in [0.15, 0.2) is 6.20 Å². The Morgan fingerprint density at radius 3 is 3.00 bits per heavy atom. The molecule has 1 aromatic rings. The smallest absolute Gasteiger partial charge is 0.234 e. The average molecular weight is 241 g/mol. The number of carbonyl (C=O) groups is 1. The first-order valence-electron chi connectivity index (χ1n) is 5.73. The lowest BCUT2D eigenvalue weighted by Crippen LogP contribution is -2.29. The number of nitrogens with one attached hydrogen (secondary N) is 1. The molecule has 7 heteroatoms. The van der Waals surface area contributed by atoms with E-state index in [0.29, 0.717) is 12.2 Å². The van der Waals surface area contributed by atoms with Crippen LogP contribution in [0.3, 0.4) is 0 Å². The third kappa shape index (κ3) is 5.41. The van der Waals surface area contributed by atoms with Gasteiger partial charge in [-0.05, 0) is 19.3 Å². The van der Waals surface area contributed by atoms with Gasteiger partial charge < -0.3 is 16.2 Å². The summed E-state index contributed by atoms with van der Waals surface area (Å²) >= 11 is 0. The SMILES string of the molecule is NCC(=O)NCc1cn(CCCCCO)nn1. The molecule has 0 bridgehead atoms. The van der Waals surface area contributed by atoms with E-state index in [9.17, 15) is 4.79 Å².